The van der Waals surface area contributed by atoms with Crippen molar-refractivity contribution in [2.24, 2.45) is 5.92 Å². The molecule has 0 N–H and O–H groups in total. The Morgan fingerprint density at radius 3 is 3.03 bits per heavy atom. The van der Waals surface area contributed by atoms with Gasteiger partial charge in [-0.1, -0.05) is 0 Å². The van der Waals surface area contributed by atoms with Crippen molar-refractivity contribution < 1.29 is 13.9 Å². The molecule has 2 aliphatic rings. The molecule has 3 aromatic rings. The second-order valence-corrected chi connectivity index (χ2v) is 7.53. The Morgan fingerprint density at radius 1 is 1.29 bits per heavy atom. The first-order chi connectivity index (χ1) is 15.2. The van der Waals surface area contributed by atoms with Crippen LogP contribution < -0.4 is 9.64 Å². The lowest BCUT2D eigenvalue weighted by Gasteiger charge is -2.36. The van der Waals surface area contributed by atoms with Crippen LogP contribution in [0.2, 0.25) is 0 Å². The number of aromatic nitrogens is 5. The number of amides is 1. The standard InChI is InChI=1S/C20H19FN8O2/c21-16-11-28(20-24-3-1-17-25-12-26-29(17)20)4-2-15(16)19(30)27-5-6-31-18-13(7-22)8-23-9-14(18)10-27/h1,3,8-9,12,15-16H,2,4-6,10-11H2. The highest BCUT2D eigenvalue weighted by Crippen LogP contribution is 2.30. The summed E-state index contributed by atoms with van der Waals surface area (Å²) in [7, 11) is 0. The van der Waals surface area contributed by atoms with Gasteiger partial charge >= 0.3 is 0 Å². The van der Waals surface area contributed by atoms with Gasteiger partial charge in [-0.05, 0) is 6.42 Å². The minimum Gasteiger partial charge on any atom is -0.490 e. The molecule has 11 heteroatoms. The molecule has 1 saturated heterocycles. The molecule has 2 atom stereocenters. The van der Waals surface area contributed by atoms with E-state index in [1.54, 1.807) is 32.8 Å². The van der Waals surface area contributed by atoms with Crippen molar-refractivity contribution in [2.45, 2.75) is 19.1 Å². The van der Waals surface area contributed by atoms with E-state index in [4.69, 9.17) is 4.74 Å². The van der Waals surface area contributed by atoms with Gasteiger partial charge in [-0.2, -0.15) is 14.9 Å². The third-order valence-electron chi connectivity index (χ3n) is 5.69. The Morgan fingerprint density at radius 2 is 2.19 bits per heavy atom. The fraction of sp³-hybridized carbons (Fsp3) is 0.400. The van der Waals surface area contributed by atoms with Crippen molar-refractivity contribution >= 4 is 17.5 Å². The number of carbonyl (C=O) groups is 1. The normalized spacial score (nSPS) is 21.2. The van der Waals surface area contributed by atoms with E-state index in [1.165, 1.54) is 12.5 Å². The average Bonchev–Trinajstić information content (AvgIpc) is 3.17. The largest absolute Gasteiger partial charge is 0.490 e. The Labute approximate surface area is 176 Å². The number of piperidine rings is 1. The van der Waals surface area contributed by atoms with E-state index in [9.17, 15) is 10.1 Å². The van der Waals surface area contributed by atoms with Gasteiger partial charge in [0.2, 0.25) is 11.9 Å². The zero-order valence-electron chi connectivity index (χ0n) is 16.6. The number of fused-ring (bicyclic) bond motifs is 2. The molecule has 0 aliphatic carbocycles. The molecule has 3 aromatic heterocycles. The Bertz CT molecular complexity index is 1180. The first-order valence-corrected chi connectivity index (χ1v) is 9.98. The van der Waals surface area contributed by atoms with E-state index < -0.39 is 12.1 Å². The first kappa shape index (κ1) is 19.2. The molecule has 31 heavy (non-hydrogen) atoms. The monoisotopic (exact) mass is 422 g/mol. The van der Waals surface area contributed by atoms with Crippen LogP contribution in [0.25, 0.3) is 5.65 Å². The highest BCUT2D eigenvalue weighted by Gasteiger charge is 2.38. The lowest BCUT2D eigenvalue weighted by molar-refractivity contribution is -0.139. The molecule has 0 radical (unpaired) electrons. The number of ether oxygens (including phenoxy) is 1. The highest BCUT2D eigenvalue weighted by atomic mass is 19.1. The molecule has 10 nitrogen and oxygen atoms in total. The molecule has 5 rings (SSSR count). The van der Waals surface area contributed by atoms with Crippen molar-refractivity contribution in [3.8, 4) is 11.8 Å². The van der Waals surface area contributed by atoms with Gasteiger partial charge < -0.3 is 14.5 Å². The number of carbonyl (C=O) groups excluding carboxylic acids is 1. The van der Waals surface area contributed by atoms with Crippen LogP contribution in [0.1, 0.15) is 17.5 Å². The van der Waals surface area contributed by atoms with E-state index in [-0.39, 0.29) is 25.6 Å². The molecule has 0 spiro atoms. The van der Waals surface area contributed by atoms with E-state index >= 15 is 4.39 Å². The van der Waals surface area contributed by atoms with Crippen LogP contribution in [0.5, 0.6) is 5.75 Å². The summed E-state index contributed by atoms with van der Waals surface area (Å²) in [5.74, 6) is -0.0417. The van der Waals surface area contributed by atoms with Crippen LogP contribution in [-0.2, 0) is 11.3 Å². The molecule has 2 unspecified atom stereocenters. The summed E-state index contributed by atoms with van der Waals surface area (Å²) in [6.07, 6.45) is 5.06. The first-order valence-electron chi connectivity index (χ1n) is 9.98. The molecule has 0 aromatic carbocycles. The number of rotatable bonds is 2. The summed E-state index contributed by atoms with van der Waals surface area (Å²) >= 11 is 0. The lowest BCUT2D eigenvalue weighted by Crippen LogP contribution is -2.49. The Balaban J connectivity index is 1.32. The van der Waals surface area contributed by atoms with Crippen molar-refractivity contribution in [3.05, 3.63) is 42.1 Å². The topological polar surface area (TPSA) is 113 Å². The molecular weight excluding hydrogens is 403 g/mol. The summed E-state index contributed by atoms with van der Waals surface area (Å²) in [6, 6.07) is 3.78. The molecule has 158 valence electrons. The van der Waals surface area contributed by atoms with Gasteiger partial charge in [-0.25, -0.2) is 14.4 Å². The zero-order valence-corrected chi connectivity index (χ0v) is 16.6. The number of anilines is 1. The predicted molar refractivity (Wildman–Crippen MR) is 106 cm³/mol. The number of nitrogens with zero attached hydrogens (tertiary/aromatic N) is 8. The van der Waals surface area contributed by atoms with E-state index in [0.29, 0.717) is 48.0 Å². The fourth-order valence-corrected chi connectivity index (χ4v) is 4.14. The summed E-state index contributed by atoms with van der Waals surface area (Å²) in [5.41, 5.74) is 1.62. The molecule has 5 heterocycles. The summed E-state index contributed by atoms with van der Waals surface area (Å²) in [5, 5.41) is 13.4. The van der Waals surface area contributed by atoms with Crippen molar-refractivity contribution in [1.82, 2.24) is 29.5 Å². The molecular formula is C20H19FN8O2. The lowest BCUT2D eigenvalue weighted by atomic mass is 9.93. The van der Waals surface area contributed by atoms with Crippen LogP contribution in [-0.4, -0.2) is 67.8 Å². The third kappa shape index (κ3) is 3.39. The summed E-state index contributed by atoms with van der Waals surface area (Å²) in [6.45, 7) is 1.33. The van der Waals surface area contributed by atoms with E-state index in [2.05, 4.69) is 26.1 Å². The number of alkyl halides is 1. The minimum absolute atomic E-state index is 0.0451. The fourth-order valence-electron chi connectivity index (χ4n) is 4.14. The molecule has 1 fully saturated rings. The van der Waals surface area contributed by atoms with E-state index in [1.807, 2.05) is 0 Å². The zero-order chi connectivity index (χ0) is 21.4. The van der Waals surface area contributed by atoms with Crippen LogP contribution in [0.4, 0.5) is 10.3 Å². The van der Waals surface area contributed by atoms with Crippen LogP contribution >= 0.6 is 0 Å². The molecule has 0 saturated carbocycles. The summed E-state index contributed by atoms with van der Waals surface area (Å²) in [4.78, 5) is 29.1. The number of pyridine rings is 1. The number of halogens is 1. The maximum atomic E-state index is 15.2. The average molecular weight is 422 g/mol. The van der Waals surface area contributed by atoms with Crippen molar-refractivity contribution in [2.75, 3.05) is 31.1 Å². The third-order valence-corrected chi connectivity index (χ3v) is 5.69. The van der Waals surface area contributed by atoms with Gasteiger partial charge in [0, 0.05) is 36.8 Å². The number of hydrogen-bond acceptors (Lipinski definition) is 8. The Kier molecular flexibility index (Phi) is 4.82. The van der Waals surface area contributed by atoms with Crippen LogP contribution in [0, 0.1) is 17.2 Å². The van der Waals surface area contributed by atoms with Gasteiger partial charge in [0.25, 0.3) is 0 Å². The molecule has 1 amide bonds. The number of nitriles is 1. The van der Waals surface area contributed by atoms with Gasteiger partial charge in [0.1, 0.15) is 36.5 Å². The molecule has 2 aliphatic heterocycles. The van der Waals surface area contributed by atoms with Gasteiger partial charge in [-0.15, -0.1) is 0 Å². The second-order valence-electron chi connectivity index (χ2n) is 7.53. The maximum Gasteiger partial charge on any atom is 0.229 e. The van der Waals surface area contributed by atoms with Crippen molar-refractivity contribution in [1.29, 1.82) is 5.26 Å². The maximum absolute atomic E-state index is 15.2. The van der Waals surface area contributed by atoms with Crippen LogP contribution in [0.3, 0.4) is 0 Å². The quantitative estimate of drug-likeness (QED) is 0.601. The predicted octanol–water partition coefficient (Wildman–Crippen LogP) is 0.977. The van der Waals surface area contributed by atoms with Gasteiger partial charge in [0.15, 0.2) is 5.65 Å². The Hall–Kier alpha value is -3.81. The highest BCUT2D eigenvalue weighted by molar-refractivity contribution is 5.80. The van der Waals surface area contributed by atoms with E-state index in [0.717, 1.165) is 0 Å². The van der Waals surface area contributed by atoms with Crippen LogP contribution in [0.15, 0.2) is 31.0 Å². The van der Waals surface area contributed by atoms with Crippen molar-refractivity contribution in [3.63, 3.8) is 0 Å². The molecule has 0 bridgehead atoms. The second kappa shape index (κ2) is 7.79. The SMILES string of the molecule is N#Cc1cncc2c1OCCN(C(=O)C1CCN(c3nccc4ncnn34)CC1F)C2. The summed E-state index contributed by atoms with van der Waals surface area (Å²) < 4.78 is 22.4. The van der Waals surface area contributed by atoms with Gasteiger partial charge in [0.05, 0.1) is 25.6 Å². The minimum atomic E-state index is -1.35. The smallest absolute Gasteiger partial charge is 0.229 e. The van der Waals surface area contributed by atoms with Gasteiger partial charge in [-0.3, -0.25) is 9.78 Å². The number of hydrogen-bond donors (Lipinski definition) is 0.